The van der Waals surface area contributed by atoms with Crippen LogP contribution in [0.3, 0.4) is 0 Å². The van der Waals surface area contributed by atoms with Crippen LogP contribution in [0.25, 0.3) is 16.7 Å². The van der Waals surface area contributed by atoms with Gasteiger partial charge in [-0.2, -0.15) is 10.2 Å². The van der Waals surface area contributed by atoms with Crippen molar-refractivity contribution in [1.82, 2.24) is 43.7 Å². The van der Waals surface area contributed by atoms with Crippen molar-refractivity contribution < 1.29 is 23.9 Å². The number of benzene rings is 1. The first-order valence-electron chi connectivity index (χ1n) is 21.6. The van der Waals surface area contributed by atoms with Gasteiger partial charge < -0.3 is 24.6 Å². The summed E-state index contributed by atoms with van der Waals surface area (Å²) in [4.78, 5) is 60.8. The molecule has 0 radical (unpaired) electrons. The highest BCUT2D eigenvalue weighted by atomic mass is 16.5. The third-order valence-corrected chi connectivity index (χ3v) is 13.4. The number of piperidine rings is 2. The SMILES string of the molecule is Cc1nn([C@H]2CC[C@H](CN3CCC(OCC#Cc4cccc5c4n(C)c(=O)n5C4CCC(=O)NC4=O)CC3)CC2)cc1NC(=O)c1cnn2ccc(N3C[C@H]4C[C@@H]3CO4)nc12. The fourth-order valence-corrected chi connectivity index (χ4v) is 10.1. The molecule has 8 heterocycles. The van der Waals surface area contributed by atoms with Crippen LogP contribution in [0, 0.1) is 24.7 Å². The Morgan fingerprint density at radius 2 is 1.89 bits per heavy atom. The van der Waals surface area contributed by atoms with Crippen LogP contribution in [0.4, 0.5) is 11.5 Å². The normalized spacial score (nSPS) is 24.7. The van der Waals surface area contributed by atoms with Gasteiger partial charge in [0.2, 0.25) is 11.8 Å². The number of para-hydroxylation sites is 1. The molecule has 1 saturated carbocycles. The Morgan fingerprint density at radius 3 is 2.66 bits per heavy atom. The molecule has 61 heavy (non-hydrogen) atoms. The van der Waals surface area contributed by atoms with E-state index in [1.54, 1.807) is 17.8 Å². The minimum atomic E-state index is -0.737. The van der Waals surface area contributed by atoms with Gasteiger partial charge in [-0.1, -0.05) is 17.9 Å². The number of rotatable bonds is 9. The fourth-order valence-electron chi connectivity index (χ4n) is 10.1. The van der Waals surface area contributed by atoms with E-state index < -0.39 is 11.9 Å². The van der Waals surface area contributed by atoms with Gasteiger partial charge in [-0.15, -0.1) is 0 Å². The predicted molar refractivity (Wildman–Crippen MR) is 225 cm³/mol. The number of aryl methyl sites for hydroxylation is 2. The number of hydrogen-bond acceptors (Lipinski definition) is 11. The van der Waals surface area contributed by atoms with Gasteiger partial charge in [0.25, 0.3) is 5.91 Å². The number of imide groups is 1. The number of morpholine rings is 1. The Balaban J connectivity index is 0.683. The first-order chi connectivity index (χ1) is 29.7. The molecule has 4 saturated heterocycles. The second-order valence-electron chi connectivity index (χ2n) is 17.3. The minimum absolute atomic E-state index is 0.148. The average molecular weight is 830 g/mol. The third-order valence-electron chi connectivity index (χ3n) is 13.4. The molecule has 2 bridgehead atoms. The lowest BCUT2D eigenvalue weighted by Crippen LogP contribution is -2.44. The van der Waals surface area contributed by atoms with Gasteiger partial charge in [-0.3, -0.25) is 33.5 Å². The van der Waals surface area contributed by atoms with E-state index in [1.165, 1.54) is 9.13 Å². The summed E-state index contributed by atoms with van der Waals surface area (Å²) in [5.74, 6) is 6.81. The molecule has 4 aromatic heterocycles. The van der Waals surface area contributed by atoms with Crippen molar-refractivity contribution in [1.29, 1.82) is 0 Å². The molecule has 2 N–H and O–H groups in total. The number of anilines is 2. The number of likely N-dealkylation sites (tertiary alicyclic amines) is 1. The van der Waals surface area contributed by atoms with Crippen molar-refractivity contribution in [3.63, 3.8) is 0 Å². The van der Waals surface area contributed by atoms with Gasteiger partial charge in [0.15, 0.2) is 5.65 Å². The van der Waals surface area contributed by atoms with E-state index in [2.05, 4.69) is 37.4 Å². The highest BCUT2D eigenvalue weighted by molar-refractivity contribution is 6.08. The molecular formula is C44H51N11O6. The minimum Gasteiger partial charge on any atom is -0.374 e. The van der Waals surface area contributed by atoms with E-state index in [-0.39, 0.29) is 42.6 Å². The number of nitrogens with one attached hydrogen (secondary N) is 2. The van der Waals surface area contributed by atoms with Crippen LogP contribution in [0.2, 0.25) is 0 Å². The summed E-state index contributed by atoms with van der Waals surface area (Å²) in [7, 11) is 1.68. The Labute approximate surface area is 352 Å². The van der Waals surface area contributed by atoms with E-state index in [1.807, 2.05) is 48.3 Å². The van der Waals surface area contributed by atoms with Gasteiger partial charge in [-0.05, 0) is 82.4 Å². The van der Waals surface area contributed by atoms with E-state index in [4.69, 9.17) is 19.6 Å². The zero-order valence-corrected chi connectivity index (χ0v) is 34.6. The molecule has 1 unspecified atom stereocenters. The summed E-state index contributed by atoms with van der Waals surface area (Å²) in [6.45, 7) is 6.83. The van der Waals surface area contributed by atoms with Crippen LogP contribution in [0.1, 0.15) is 91.5 Å². The fraction of sp³-hybridized carbons (Fsp3) is 0.523. The maximum absolute atomic E-state index is 13.6. The molecule has 10 rings (SSSR count). The Bertz CT molecular complexity index is 2630. The summed E-state index contributed by atoms with van der Waals surface area (Å²) < 4.78 is 18.7. The molecule has 17 heteroatoms. The number of amides is 3. The molecular weight excluding hydrogens is 779 g/mol. The maximum Gasteiger partial charge on any atom is 0.329 e. The first-order valence-corrected chi connectivity index (χ1v) is 21.6. The van der Waals surface area contributed by atoms with Gasteiger partial charge in [0.1, 0.15) is 24.0 Å². The zero-order chi connectivity index (χ0) is 41.8. The number of carbonyl (C=O) groups is 3. The number of ether oxygens (including phenoxy) is 2. The highest BCUT2D eigenvalue weighted by Crippen LogP contribution is 2.35. The van der Waals surface area contributed by atoms with Crippen molar-refractivity contribution in [3.05, 3.63) is 70.2 Å². The van der Waals surface area contributed by atoms with Crippen molar-refractivity contribution in [2.24, 2.45) is 13.0 Å². The number of nitrogens with zero attached hydrogens (tertiary/aromatic N) is 9. The maximum atomic E-state index is 13.6. The number of imidazole rings is 1. The van der Waals surface area contributed by atoms with Crippen LogP contribution in [0.15, 0.2) is 47.7 Å². The van der Waals surface area contributed by atoms with Crippen LogP contribution in [-0.2, 0) is 26.1 Å². The summed E-state index contributed by atoms with van der Waals surface area (Å²) in [5, 5.41) is 14.7. The first kappa shape index (κ1) is 39.3. The molecule has 5 fully saturated rings. The van der Waals surface area contributed by atoms with Crippen molar-refractivity contribution in [2.45, 2.75) is 95.0 Å². The van der Waals surface area contributed by atoms with Crippen molar-refractivity contribution in [2.75, 3.05) is 49.6 Å². The topological polar surface area (TPSA) is 175 Å². The van der Waals surface area contributed by atoms with Crippen LogP contribution >= 0.6 is 0 Å². The Morgan fingerprint density at radius 1 is 1.05 bits per heavy atom. The molecule has 1 aliphatic carbocycles. The van der Waals surface area contributed by atoms with Crippen LogP contribution in [-0.4, -0.2) is 114 Å². The molecule has 1 aromatic carbocycles. The Kier molecular flexibility index (Phi) is 10.5. The molecule has 17 nitrogen and oxygen atoms in total. The number of carbonyl (C=O) groups excluding carboxylic acids is 3. The quantitative estimate of drug-likeness (QED) is 0.165. The summed E-state index contributed by atoms with van der Waals surface area (Å²) in [5.41, 5.74) is 4.12. The second kappa shape index (κ2) is 16.2. The summed E-state index contributed by atoms with van der Waals surface area (Å²) in [6, 6.07) is 7.36. The Hall–Kier alpha value is -5.83. The zero-order valence-electron chi connectivity index (χ0n) is 34.6. The van der Waals surface area contributed by atoms with Gasteiger partial charge >= 0.3 is 5.69 Å². The van der Waals surface area contributed by atoms with E-state index in [0.29, 0.717) is 64.7 Å². The molecule has 318 valence electrons. The van der Waals surface area contributed by atoms with Gasteiger partial charge in [-0.25, -0.2) is 14.3 Å². The molecule has 3 amide bonds. The number of fused-ring (bicyclic) bond motifs is 4. The standard InChI is InChI=1S/C44H51N11O6/c1-27-35(46-42(57)34-22-45-53-19-16-38(47-41(34)53)52-24-33-21-31(52)26-61-33)25-54(49-27)30-10-8-28(9-11-30)23-51-17-14-32(15-18-51)60-20-4-6-29-5-3-7-36-40(29)50(2)44(59)55(36)37-12-13-39(56)48-43(37)58/h3,5,7,16,19,22,25,28,30-33,37H,8-15,17-18,20-21,23-24,26H2,1-2H3,(H,46,57)(H,48,56,58)/t28-,30-,31-,33-,37?/m1/s1. The van der Waals surface area contributed by atoms with Crippen molar-refractivity contribution in [3.8, 4) is 11.8 Å². The average Bonchev–Trinajstić information content (AvgIpc) is 4.11. The van der Waals surface area contributed by atoms with Gasteiger partial charge in [0.05, 0.1) is 65.1 Å². The summed E-state index contributed by atoms with van der Waals surface area (Å²) >= 11 is 0. The lowest BCUT2D eigenvalue weighted by molar-refractivity contribution is -0.135. The van der Waals surface area contributed by atoms with E-state index in [0.717, 1.165) is 82.6 Å². The molecule has 3 atom stereocenters. The molecule has 5 aliphatic rings. The lowest BCUT2D eigenvalue weighted by Gasteiger charge is -2.36. The monoisotopic (exact) mass is 829 g/mol. The molecule has 5 aromatic rings. The molecule has 4 aliphatic heterocycles. The largest absolute Gasteiger partial charge is 0.374 e. The molecule has 0 spiro atoms. The van der Waals surface area contributed by atoms with Crippen LogP contribution in [0.5, 0.6) is 0 Å². The third kappa shape index (κ3) is 7.61. The highest BCUT2D eigenvalue weighted by Gasteiger charge is 2.40. The second-order valence-corrected chi connectivity index (χ2v) is 17.3. The number of aromatic nitrogens is 7. The van der Waals surface area contributed by atoms with E-state index in [9.17, 15) is 19.2 Å². The van der Waals surface area contributed by atoms with Crippen LogP contribution < -0.4 is 21.2 Å². The smallest absolute Gasteiger partial charge is 0.329 e. The lowest BCUT2D eigenvalue weighted by atomic mass is 9.85. The predicted octanol–water partition coefficient (Wildman–Crippen LogP) is 3.36. The summed E-state index contributed by atoms with van der Waals surface area (Å²) in [6.07, 6.45) is 13.6. The number of hydrogen-bond donors (Lipinski definition) is 2. The van der Waals surface area contributed by atoms with Gasteiger partial charge in [0, 0.05) is 52.0 Å². The van der Waals surface area contributed by atoms with E-state index >= 15 is 0 Å². The van der Waals surface area contributed by atoms with Crippen molar-refractivity contribution >= 4 is 45.9 Å².